The number of aryl methyl sites for hydroxylation is 1. The van der Waals surface area contributed by atoms with Gasteiger partial charge in [0.2, 0.25) is 5.89 Å². The highest BCUT2D eigenvalue weighted by Gasteiger charge is 2.33. The Balaban J connectivity index is 1.87. The molecule has 1 atom stereocenters. The van der Waals surface area contributed by atoms with Crippen molar-refractivity contribution in [2.24, 2.45) is 5.41 Å². The summed E-state index contributed by atoms with van der Waals surface area (Å²) >= 11 is 0. The molecule has 4 nitrogen and oxygen atoms in total. The maximum absolute atomic E-state index is 5.08. The zero-order chi connectivity index (χ0) is 11.6. The first kappa shape index (κ1) is 11.6. The SMILES string of the molecule is CCc1nc(CNC2CCCC2(C)C)no1. The molecule has 0 amide bonds. The van der Waals surface area contributed by atoms with Crippen LogP contribution in [0.1, 0.15) is 51.7 Å². The van der Waals surface area contributed by atoms with Crippen LogP contribution < -0.4 is 5.32 Å². The van der Waals surface area contributed by atoms with Gasteiger partial charge in [-0.1, -0.05) is 32.3 Å². The molecule has 4 heteroatoms. The first-order chi connectivity index (χ1) is 7.62. The summed E-state index contributed by atoms with van der Waals surface area (Å²) in [6.45, 7) is 7.39. The average molecular weight is 223 g/mol. The van der Waals surface area contributed by atoms with Gasteiger partial charge in [-0.2, -0.15) is 4.98 Å². The molecule has 1 heterocycles. The monoisotopic (exact) mass is 223 g/mol. The summed E-state index contributed by atoms with van der Waals surface area (Å²) in [4.78, 5) is 4.30. The average Bonchev–Trinajstić information content (AvgIpc) is 2.81. The molecule has 0 spiro atoms. The molecule has 90 valence electrons. The van der Waals surface area contributed by atoms with Gasteiger partial charge in [-0.3, -0.25) is 0 Å². The van der Waals surface area contributed by atoms with Gasteiger partial charge in [-0.15, -0.1) is 0 Å². The normalized spacial score (nSPS) is 23.8. The van der Waals surface area contributed by atoms with Gasteiger partial charge in [0.1, 0.15) is 0 Å². The smallest absolute Gasteiger partial charge is 0.226 e. The molecule has 16 heavy (non-hydrogen) atoms. The zero-order valence-electron chi connectivity index (χ0n) is 10.4. The minimum absolute atomic E-state index is 0.400. The maximum Gasteiger partial charge on any atom is 0.226 e. The molecule has 0 radical (unpaired) electrons. The van der Waals surface area contributed by atoms with Gasteiger partial charge in [-0.05, 0) is 18.3 Å². The van der Waals surface area contributed by atoms with Crippen LogP contribution in [0.2, 0.25) is 0 Å². The molecule has 1 saturated carbocycles. The van der Waals surface area contributed by atoms with E-state index in [0.717, 1.165) is 24.7 Å². The highest BCUT2D eigenvalue weighted by atomic mass is 16.5. The Morgan fingerprint density at radius 2 is 2.31 bits per heavy atom. The van der Waals surface area contributed by atoms with Crippen molar-refractivity contribution >= 4 is 0 Å². The fourth-order valence-corrected chi connectivity index (χ4v) is 2.43. The fraction of sp³-hybridized carbons (Fsp3) is 0.833. The van der Waals surface area contributed by atoms with Gasteiger partial charge in [-0.25, -0.2) is 0 Å². The van der Waals surface area contributed by atoms with Crippen LogP contribution in [0.15, 0.2) is 4.52 Å². The highest BCUT2D eigenvalue weighted by molar-refractivity contribution is 4.92. The van der Waals surface area contributed by atoms with Gasteiger partial charge in [0.25, 0.3) is 0 Å². The number of aromatic nitrogens is 2. The summed E-state index contributed by atoms with van der Waals surface area (Å²) in [5, 5.41) is 7.49. The standard InChI is InChI=1S/C12H21N3O/c1-4-11-14-10(15-16-11)8-13-9-6-5-7-12(9,2)3/h9,13H,4-8H2,1-3H3. The fourth-order valence-electron chi connectivity index (χ4n) is 2.43. The van der Waals surface area contributed by atoms with Crippen LogP contribution in [0.3, 0.4) is 0 Å². The van der Waals surface area contributed by atoms with Gasteiger partial charge < -0.3 is 9.84 Å². The quantitative estimate of drug-likeness (QED) is 0.851. The van der Waals surface area contributed by atoms with Crippen molar-refractivity contribution in [2.75, 3.05) is 0 Å². The first-order valence-corrected chi connectivity index (χ1v) is 6.16. The largest absolute Gasteiger partial charge is 0.339 e. The Kier molecular flexibility index (Phi) is 3.28. The van der Waals surface area contributed by atoms with Crippen molar-refractivity contribution in [3.05, 3.63) is 11.7 Å². The third-order valence-corrected chi connectivity index (χ3v) is 3.58. The lowest BCUT2D eigenvalue weighted by atomic mass is 9.87. The molecule has 1 aliphatic carbocycles. The predicted octanol–water partition coefficient (Wildman–Crippen LogP) is 2.30. The summed E-state index contributed by atoms with van der Waals surface area (Å²) in [6, 6.07) is 0.580. The Morgan fingerprint density at radius 1 is 1.50 bits per heavy atom. The Hall–Kier alpha value is -0.900. The van der Waals surface area contributed by atoms with E-state index in [2.05, 4.69) is 29.3 Å². The summed E-state index contributed by atoms with van der Waals surface area (Å²) in [5.41, 5.74) is 0.400. The number of nitrogens with zero attached hydrogens (tertiary/aromatic N) is 2. The van der Waals surface area contributed by atoms with Crippen molar-refractivity contribution in [3.8, 4) is 0 Å². The van der Waals surface area contributed by atoms with Crippen LogP contribution in [0.5, 0.6) is 0 Å². The second kappa shape index (κ2) is 4.53. The van der Waals surface area contributed by atoms with E-state index in [-0.39, 0.29) is 0 Å². The minimum atomic E-state index is 0.400. The molecule has 1 aromatic rings. The molecule has 1 N–H and O–H groups in total. The molecule has 1 fully saturated rings. The molecule has 0 bridgehead atoms. The van der Waals surface area contributed by atoms with E-state index >= 15 is 0 Å². The Morgan fingerprint density at radius 3 is 2.88 bits per heavy atom. The van der Waals surface area contributed by atoms with Crippen molar-refractivity contribution in [3.63, 3.8) is 0 Å². The molecule has 2 rings (SSSR count). The van der Waals surface area contributed by atoms with E-state index in [1.165, 1.54) is 19.3 Å². The van der Waals surface area contributed by atoms with Crippen LogP contribution in [0.25, 0.3) is 0 Å². The molecule has 0 aromatic carbocycles. The van der Waals surface area contributed by atoms with E-state index in [1.807, 2.05) is 6.92 Å². The summed E-state index contributed by atoms with van der Waals surface area (Å²) in [7, 11) is 0. The summed E-state index contributed by atoms with van der Waals surface area (Å²) in [6.07, 6.45) is 4.68. The van der Waals surface area contributed by atoms with Crippen molar-refractivity contribution in [1.29, 1.82) is 0 Å². The number of hydrogen-bond acceptors (Lipinski definition) is 4. The predicted molar refractivity (Wildman–Crippen MR) is 61.9 cm³/mol. The second-order valence-electron chi connectivity index (χ2n) is 5.27. The van der Waals surface area contributed by atoms with Crippen molar-refractivity contribution in [1.82, 2.24) is 15.5 Å². The van der Waals surface area contributed by atoms with Crippen LogP contribution in [0, 0.1) is 5.41 Å². The maximum atomic E-state index is 5.08. The highest BCUT2D eigenvalue weighted by Crippen LogP contribution is 2.37. The van der Waals surface area contributed by atoms with Gasteiger partial charge in [0.05, 0.1) is 6.54 Å². The van der Waals surface area contributed by atoms with E-state index in [1.54, 1.807) is 0 Å². The third kappa shape index (κ3) is 2.43. The minimum Gasteiger partial charge on any atom is -0.339 e. The van der Waals surface area contributed by atoms with Crippen LogP contribution in [-0.2, 0) is 13.0 Å². The Labute approximate surface area is 96.8 Å². The number of rotatable bonds is 4. The lowest BCUT2D eigenvalue weighted by Crippen LogP contribution is -2.37. The molecule has 1 unspecified atom stereocenters. The molecular weight excluding hydrogens is 202 g/mol. The summed E-state index contributed by atoms with van der Waals surface area (Å²) < 4.78 is 5.08. The molecule has 0 aliphatic heterocycles. The molecule has 0 saturated heterocycles. The van der Waals surface area contributed by atoms with Crippen molar-refractivity contribution < 1.29 is 4.52 Å². The van der Waals surface area contributed by atoms with Gasteiger partial charge >= 0.3 is 0 Å². The second-order valence-corrected chi connectivity index (χ2v) is 5.27. The van der Waals surface area contributed by atoms with E-state index in [9.17, 15) is 0 Å². The number of hydrogen-bond donors (Lipinski definition) is 1. The lowest BCUT2D eigenvalue weighted by molar-refractivity contribution is 0.279. The topological polar surface area (TPSA) is 51.0 Å². The van der Waals surface area contributed by atoms with Crippen LogP contribution >= 0.6 is 0 Å². The first-order valence-electron chi connectivity index (χ1n) is 6.16. The van der Waals surface area contributed by atoms with E-state index < -0.39 is 0 Å². The number of nitrogens with one attached hydrogen (secondary N) is 1. The lowest BCUT2D eigenvalue weighted by Gasteiger charge is -2.27. The van der Waals surface area contributed by atoms with Crippen LogP contribution in [-0.4, -0.2) is 16.2 Å². The Bertz CT molecular complexity index is 346. The summed E-state index contributed by atoms with van der Waals surface area (Å²) in [5.74, 6) is 1.50. The van der Waals surface area contributed by atoms with Gasteiger partial charge in [0, 0.05) is 12.5 Å². The molecule has 1 aliphatic rings. The third-order valence-electron chi connectivity index (χ3n) is 3.58. The van der Waals surface area contributed by atoms with Gasteiger partial charge in [0.15, 0.2) is 5.82 Å². The van der Waals surface area contributed by atoms with Crippen molar-refractivity contribution in [2.45, 2.75) is 59.0 Å². The van der Waals surface area contributed by atoms with E-state index in [0.29, 0.717) is 11.5 Å². The molecule has 1 aromatic heterocycles. The van der Waals surface area contributed by atoms with E-state index in [4.69, 9.17) is 4.52 Å². The zero-order valence-corrected chi connectivity index (χ0v) is 10.4. The van der Waals surface area contributed by atoms with Crippen LogP contribution in [0.4, 0.5) is 0 Å². The molecular formula is C12H21N3O.